The Morgan fingerprint density at radius 1 is 1.41 bits per heavy atom. The first-order valence-corrected chi connectivity index (χ1v) is 5.84. The lowest BCUT2D eigenvalue weighted by atomic mass is 10.1. The maximum absolute atomic E-state index is 13.6. The zero-order chi connectivity index (χ0) is 12.8. The minimum atomic E-state index is -0.361. The third kappa shape index (κ3) is 4.32. The molecular formula is C13H21FN2O. The zero-order valence-corrected chi connectivity index (χ0v) is 10.7. The summed E-state index contributed by atoms with van der Waals surface area (Å²) in [6, 6.07) is 4.45. The molecule has 17 heavy (non-hydrogen) atoms. The normalized spacial score (nSPS) is 12.8. The molecule has 0 radical (unpaired) electrons. The second-order valence-electron chi connectivity index (χ2n) is 4.45. The molecule has 0 aliphatic carbocycles. The van der Waals surface area contributed by atoms with Crippen molar-refractivity contribution in [1.82, 2.24) is 4.90 Å². The molecule has 0 aromatic heterocycles. The van der Waals surface area contributed by atoms with Gasteiger partial charge in [-0.2, -0.15) is 0 Å². The molecule has 0 aliphatic heterocycles. The molecular weight excluding hydrogens is 219 g/mol. The first-order chi connectivity index (χ1) is 8.02. The van der Waals surface area contributed by atoms with Crippen molar-refractivity contribution in [2.45, 2.75) is 19.4 Å². The van der Waals surface area contributed by atoms with Gasteiger partial charge >= 0.3 is 0 Å². The fraction of sp³-hybridized carbons (Fsp3) is 0.538. The monoisotopic (exact) mass is 240 g/mol. The lowest BCUT2D eigenvalue weighted by molar-refractivity contribution is 0.277. The van der Waals surface area contributed by atoms with Gasteiger partial charge < -0.3 is 15.4 Å². The number of rotatable bonds is 6. The highest BCUT2D eigenvalue weighted by Gasteiger charge is 2.13. The molecule has 1 aromatic rings. The van der Waals surface area contributed by atoms with Crippen LogP contribution in [0.1, 0.15) is 24.9 Å². The van der Waals surface area contributed by atoms with E-state index >= 15 is 0 Å². The number of nitrogens with two attached hydrogens (primary N) is 1. The third-order valence-electron chi connectivity index (χ3n) is 2.48. The standard InChI is InChI=1S/C13H21FN2O/c1-10(15)13-11(14)6-4-7-12(13)17-9-5-8-16(2)3/h4,6-7,10H,5,8-9,15H2,1-3H3. The molecule has 0 spiro atoms. The average molecular weight is 240 g/mol. The molecule has 3 nitrogen and oxygen atoms in total. The van der Waals surface area contributed by atoms with Crippen LogP contribution in [0.2, 0.25) is 0 Å². The molecule has 4 heteroatoms. The first kappa shape index (κ1) is 13.9. The minimum Gasteiger partial charge on any atom is -0.493 e. The largest absolute Gasteiger partial charge is 0.493 e. The van der Waals surface area contributed by atoms with Crippen molar-refractivity contribution in [2.75, 3.05) is 27.2 Å². The highest BCUT2D eigenvalue weighted by atomic mass is 19.1. The van der Waals surface area contributed by atoms with Gasteiger partial charge in [-0.3, -0.25) is 0 Å². The van der Waals surface area contributed by atoms with Gasteiger partial charge in [0.2, 0.25) is 0 Å². The number of hydrogen-bond acceptors (Lipinski definition) is 3. The van der Waals surface area contributed by atoms with E-state index < -0.39 is 0 Å². The minimum absolute atomic E-state index is 0.301. The van der Waals surface area contributed by atoms with Crippen LogP contribution < -0.4 is 10.5 Å². The van der Waals surface area contributed by atoms with Crippen LogP contribution in [0.5, 0.6) is 5.75 Å². The quantitative estimate of drug-likeness (QED) is 0.774. The van der Waals surface area contributed by atoms with Crippen LogP contribution in [-0.4, -0.2) is 32.1 Å². The Bertz CT molecular complexity index is 353. The number of nitrogens with zero attached hydrogens (tertiary/aromatic N) is 1. The molecule has 0 heterocycles. The summed E-state index contributed by atoms with van der Waals surface area (Å²) in [5.74, 6) is 0.254. The van der Waals surface area contributed by atoms with Crippen molar-refractivity contribution < 1.29 is 9.13 Å². The van der Waals surface area contributed by atoms with E-state index in [2.05, 4.69) is 4.90 Å². The molecule has 1 unspecified atom stereocenters. The number of benzene rings is 1. The Kier molecular flexibility index (Phi) is 5.38. The summed E-state index contributed by atoms with van der Waals surface area (Å²) in [6.45, 7) is 3.27. The zero-order valence-electron chi connectivity index (χ0n) is 10.7. The third-order valence-corrected chi connectivity index (χ3v) is 2.48. The van der Waals surface area contributed by atoms with Crippen molar-refractivity contribution >= 4 is 0 Å². The average Bonchev–Trinajstić information content (AvgIpc) is 2.23. The van der Waals surface area contributed by atoms with Crippen LogP contribution in [0, 0.1) is 5.82 Å². The van der Waals surface area contributed by atoms with Crippen LogP contribution >= 0.6 is 0 Å². The van der Waals surface area contributed by atoms with Gasteiger partial charge in [0.1, 0.15) is 11.6 Å². The molecule has 0 amide bonds. The predicted molar refractivity (Wildman–Crippen MR) is 67.7 cm³/mol. The fourth-order valence-electron chi connectivity index (χ4n) is 1.65. The Hall–Kier alpha value is -1.13. The molecule has 1 aromatic carbocycles. The van der Waals surface area contributed by atoms with Crippen molar-refractivity contribution in [3.8, 4) is 5.75 Å². The van der Waals surface area contributed by atoms with Crippen molar-refractivity contribution in [3.63, 3.8) is 0 Å². The molecule has 1 atom stereocenters. The van der Waals surface area contributed by atoms with Gasteiger partial charge in [-0.1, -0.05) is 6.07 Å². The van der Waals surface area contributed by atoms with Crippen LogP contribution in [0.15, 0.2) is 18.2 Å². The summed E-state index contributed by atoms with van der Waals surface area (Å²) in [5, 5.41) is 0. The molecule has 0 saturated carbocycles. The summed E-state index contributed by atoms with van der Waals surface area (Å²) in [4.78, 5) is 2.08. The Morgan fingerprint density at radius 3 is 2.71 bits per heavy atom. The molecule has 1 rings (SSSR count). The van der Waals surface area contributed by atoms with E-state index in [1.165, 1.54) is 6.07 Å². The highest BCUT2D eigenvalue weighted by molar-refractivity contribution is 5.36. The van der Waals surface area contributed by atoms with Crippen LogP contribution in [0.4, 0.5) is 4.39 Å². The summed E-state index contributed by atoms with van der Waals surface area (Å²) in [7, 11) is 4.02. The van der Waals surface area contributed by atoms with Gasteiger partial charge in [-0.05, 0) is 39.6 Å². The highest BCUT2D eigenvalue weighted by Crippen LogP contribution is 2.26. The number of halogens is 1. The lowest BCUT2D eigenvalue weighted by Gasteiger charge is -2.15. The Balaban J connectivity index is 2.61. The molecule has 0 aliphatic rings. The molecule has 0 saturated heterocycles. The maximum Gasteiger partial charge on any atom is 0.131 e. The summed E-state index contributed by atoms with van der Waals surface area (Å²) < 4.78 is 19.2. The Labute approximate surface area is 102 Å². The summed E-state index contributed by atoms with van der Waals surface area (Å²) >= 11 is 0. The van der Waals surface area contributed by atoms with Crippen LogP contribution in [-0.2, 0) is 0 Å². The van der Waals surface area contributed by atoms with Gasteiger partial charge in [0, 0.05) is 18.2 Å². The smallest absolute Gasteiger partial charge is 0.131 e. The Morgan fingerprint density at radius 2 is 2.12 bits per heavy atom. The lowest BCUT2D eigenvalue weighted by Crippen LogP contribution is -2.16. The second kappa shape index (κ2) is 6.57. The van der Waals surface area contributed by atoms with E-state index in [-0.39, 0.29) is 11.9 Å². The maximum atomic E-state index is 13.6. The van der Waals surface area contributed by atoms with Crippen LogP contribution in [0.25, 0.3) is 0 Å². The van der Waals surface area contributed by atoms with Gasteiger partial charge in [-0.15, -0.1) is 0 Å². The van der Waals surface area contributed by atoms with Gasteiger partial charge in [0.05, 0.1) is 6.61 Å². The van der Waals surface area contributed by atoms with Gasteiger partial charge in [0.15, 0.2) is 0 Å². The SMILES string of the molecule is CC(N)c1c(F)cccc1OCCCN(C)C. The number of hydrogen-bond donors (Lipinski definition) is 1. The van der Waals surface area contributed by atoms with E-state index in [1.54, 1.807) is 19.1 Å². The van der Waals surface area contributed by atoms with E-state index in [4.69, 9.17) is 10.5 Å². The van der Waals surface area contributed by atoms with E-state index in [9.17, 15) is 4.39 Å². The van der Waals surface area contributed by atoms with Gasteiger partial charge in [0.25, 0.3) is 0 Å². The molecule has 0 bridgehead atoms. The topological polar surface area (TPSA) is 38.5 Å². The van der Waals surface area contributed by atoms with Crippen molar-refractivity contribution in [3.05, 3.63) is 29.6 Å². The fourth-order valence-corrected chi connectivity index (χ4v) is 1.65. The van der Waals surface area contributed by atoms with E-state index in [0.717, 1.165) is 13.0 Å². The van der Waals surface area contributed by atoms with Crippen molar-refractivity contribution in [2.24, 2.45) is 5.73 Å². The molecule has 96 valence electrons. The van der Waals surface area contributed by atoms with Crippen molar-refractivity contribution in [1.29, 1.82) is 0 Å². The van der Waals surface area contributed by atoms with Gasteiger partial charge in [-0.25, -0.2) is 4.39 Å². The molecule has 0 fully saturated rings. The first-order valence-electron chi connectivity index (χ1n) is 5.84. The van der Waals surface area contributed by atoms with E-state index in [1.807, 2.05) is 14.1 Å². The van der Waals surface area contributed by atoms with E-state index in [0.29, 0.717) is 17.9 Å². The molecule has 2 N–H and O–H groups in total. The summed E-state index contributed by atoms with van der Waals surface area (Å²) in [6.07, 6.45) is 0.905. The predicted octanol–water partition coefficient (Wildman–Crippen LogP) is 2.18. The van der Waals surface area contributed by atoms with Crippen LogP contribution in [0.3, 0.4) is 0 Å². The summed E-state index contributed by atoms with van der Waals surface area (Å²) in [5.41, 5.74) is 6.20. The number of ether oxygens (including phenoxy) is 1. The second-order valence-corrected chi connectivity index (χ2v) is 4.45.